The molecule has 1 saturated heterocycles. The minimum Gasteiger partial charge on any atom is -0.259 e. The second-order valence-electron chi connectivity index (χ2n) is 6.35. The molecule has 0 saturated carbocycles. The molecule has 2 aromatic carbocycles. The Balaban J connectivity index is 1.88. The first-order valence-electron chi connectivity index (χ1n) is 7.95. The molecule has 4 atom stereocenters. The van der Waals surface area contributed by atoms with Gasteiger partial charge in [0.1, 0.15) is 5.82 Å². The number of benzene rings is 2. The zero-order valence-corrected chi connectivity index (χ0v) is 13.7. The molecular weight excluding hydrogens is 325 g/mol. The van der Waals surface area contributed by atoms with Crippen molar-refractivity contribution in [3.63, 3.8) is 0 Å². The number of hydrogen-bond donors (Lipinski definition) is 0. The third-order valence-corrected chi connectivity index (χ3v) is 7.14. The Kier molecular flexibility index (Phi) is 3.87. The molecule has 1 heterocycles. The molecule has 0 radical (unpaired) electrons. The summed E-state index contributed by atoms with van der Waals surface area (Å²) in [4.78, 5) is 2.80. The molecule has 122 valence electrons. The van der Waals surface area contributed by atoms with Crippen molar-refractivity contribution in [1.29, 1.82) is 0 Å². The van der Waals surface area contributed by atoms with E-state index in [1.165, 1.54) is 23.3 Å². The maximum Gasteiger partial charge on any atom is 0.123 e. The molecule has 0 bridgehead atoms. The Hall–Kier alpha value is -2.17. The summed E-state index contributed by atoms with van der Waals surface area (Å²) in [6.45, 7) is 0.225. The van der Waals surface area contributed by atoms with Crippen LogP contribution in [0.15, 0.2) is 47.6 Å². The van der Waals surface area contributed by atoms with Crippen LogP contribution in [-0.2, 0) is 17.2 Å². The number of azide groups is 1. The Morgan fingerprint density at radius 3 is 2.83 bits per heavy atom. The van der Waals surface area contributed by atoms with Crippen LogP contribution in [0.4, 0.5) is 4.39 Å². The van der Waals surface area contributed by atoms with E-state index in [4.69, 9.17) is 5.53 Å². The zero-order chi connectivity index (χ0) is 16.7. The van der Waals surface area contributed by atoms with Gasteiger partial charge < -0.3 is 0 Å². The summed E-state index contributed by atoms with van der Waals surface area (Å²) in [6, 6.07) is 13.0. The maximum absolute atomic E-state index is 13.9. The van der Waals surface area contributed by atoms with E-state index in [9.17, 15) is 8.60 Å². The Labute approximate surface area is 141 Å². The van der Waals surface area contributed by atoms with E-state index in [-0.39, 0.29) is 28.8 Å². The Morgan fingerprint density at radius 1 is 1.21 bits per heavy atom. The van der Waals surface area contributed by atoms with Gasteiger partial charge in [0, 0.05) is 33.4 Å². The van der Waals surface area contributed by atoms with Crippen LogP contribution in [0.2, 0.25) is 0 Å². The van der Waals surface area contributed by atoms with Crippen molar-refractivity contribution in [3.8, 4) is 0 Å². The Morgan fingerprint density at radius 2 is 2.00 bits per heavy atom. The van der Waals surface area contributed by atoms with Crippen LogP contribution in [0, 0.1) is 5.82 Å². The van der Waals surface area contributed by atoms with E-state index >= 15 is 0 Å². The van der Waals surface area contributed by atoms with Crippen molar-refractivity contribution >= 4 is 10.8 Å². The molecule has 1 aliphatic heterocycles. The number of hydrogen-bond acceptors (Lipinski definition) is 2. The molecule has 4 rings (SSSR count). The first-order valence-corrected chi connectivity index (χ1v) is 9.23. The molecule has 4 nitrogen and oxygen atoms in total. The predicted molar refractivity (Wildman–Crippen MR) is 91.7 cm³/mol. The van der Waals surface area contributed by atoms with Gasteiger partial charge in [-0.15, -0.1) is 0 Å². The lowest BCUT2D eigenvalue weighted by molar-refractivity contribution is 0.613. The van der Waals surface area contributed by atoms with E-state index < -0.39 is 10.8 Å². The molecule has 0 aromatic heterocycles. The third kappa shape index (κ3) is 2.43. The van der Waals surface area contributed by atoms with Crippen LogP contribution < -0.4 is 0 Å². The molecule has 2 aliphatic rings. The summed E-state index contributed by atoms with van der Waals surface area (Å²) in [5, 5.41) is 3.21. The number of nitrogens with zero attached hydrogens (tertiary/aromatic N) is 3. The molecule has 0 amide bonds. The largest absolute Gasteiger partial charge is 0.259 e. The van der Waals surface area contributed by atoms with Gasteiger partial charge >= 0.3 is 0 Å². The first-order chi connectivity index (χ1) is 11.7. The van der Waals surface area contributed by atoms with E-state index in [1.807, 2.05) is 18.2 Å². The lowest BCUT2D eigenvalue weighted by Gasteiger charge is -2.19. The average molecular weight is 341 g/mol. The molecule has 24 heavy (non-hydrogen) atoms. The fraction of sp³-hybridized carbons (Fsp3) is 0.333. The van der Waals surface area contributed by atoms with Crippen LogP contribution in [0.5, 0.6) is 0 Å². The van der Waals surface area contributed by atoms with Gasteiger partial charge in [-0.25, -0.2) is 4.39 Å². The van der Waals surface area contributed by atoms with Crippen LogP contribution >= 0.6 is 0 Å². The van der Waals surface area contributed by atoms with E-state index in [0.717, 1.165) is 17.5 Å². The predicted octanol–water partition coefficient (Wildman–Crippen LogP) is 4.39. The fourth-order valence-electron chi connectivity index (χ4n) is 4.03. The number of rotatable bonds is 2. The van der Waals surface area contributed by atoms with Crippen LogP contribution in [0.25, 0.3) is 10.4 Å². The molecule has 1 unspecified atom stereocenters. The van der Waals surface area contributed by atoms with Gasteiger partial charge in [-0.1, -0.05) is 35.4 Å². The summed E-state index contributed by atoms with van der Waals surface area (Å²) in [5.41, 5.74) is 12.9. The molecule has 6 heteroatoms. The molecular formula is C18H16FN3OS. The smallest absolute Gasteiger partial charge is 0.123 e. The van der Waals surface area contributed by atoms with Crippen molar-refractivity contribution in [3.05, 3.63) is 81.0 Å². The van der Waals surface area contributed by atoms with Crippen molar-refractivity contribution in [2.24, 2.45) is 5.11 Å². The van der Waals surface area contributed by atoms with Crippen molar-refractivity contribution < 1.29 is 8.60 Å². The van der Waals surface area contributed by atoms with Gasteiger partial charge in [0.05, 0.1) is 5.25 Å². The number of halogens is 1. The van der Waals surface area contributed by atoms with Crippen LogP contribution in [-0.4, -0.2) is 16.0 Å². The van der Waals surface area contributed by atoms with Gasteiger partial charge in [0.2, 0.25) is 0 Å². The average Bonchev–Trinajstić information content (AvgIpc) is 2.84. The summed E-state index contributed by atoms with van der Waals surface area (Å²) in [6.07, 6.45) is 1.43. The fourth-order valence-corrected chi connectivity index (χ4v) is 6.11. The standard InChI is InChI=1S/C18H16FN3OS/c19-13-6-5-12-7-11-3-1-2-4-15(11)17-9-14(10-21-22-20)24(23)18(17)16(12)8-13/h1-6,8,14,17-18H,7,9-10H2/t14-,17-,18-,24?/m1/s1. The first kappa shape index (κ1) is 15.4. The monoisotopic (exact) mass is 341 g/mol. The highest BCUT2D eigenvalue weighted by atomic mass is 32.2. The summed E-state index contributed by atoms with van der Waals surface area (Å²) < 4.78 is 27.0. The van der Waals surface area contributed by atoms with Gasteiger partial charge in [0.25, 0.3) is 0 Å². The topological polar surface area (TPSA) is 65.8 Å². The third-order valence-electron chi connectivity index (χ3n) is 5.06. The van der Waals surface area contributed by atoms with Gasteiger partial charge in [0.15, 0.2) is 0 Å². The highest BCUT2D eigenvalue weighted by Gasteiger charge is 2.45. The maximum atomic E-state index is 13.9. The second kappa shape index (κ2) is 6.04. The molecule has 0 spiro atoms. The summed E-state index contributed by atoms with van der Waals surface area (Å²) in [5.74, 6) is -0.224. The van der Waals surface area contributed by atoms with Crippen molar-refractivity contribution in [2.45, 2.75) is 29.3 Å². The summed E-state index contributed by atoms with van der Waals surface area (Å²) in [7, 11) is -1.20. The normalized spacial score (nSPS) is 27.4. The highest BCUT2D eigenvalue weighted by Crippen LogP contribution is 2.51. The molecule has 1 fully saturated rings. The Bertz CT molecular complexity index is 878. The lowest BCUT2D eigenvalue weighted by atomic mass is 9.87. The molecule has 0 N–H and O–H groups in total. The van der Waals surface area contributed by atoms with Crippen LogP contribution in [0.3, 0.4) is 0 Å². The van der Waals surface area contributed by atoms with E-state index in [0.29, 0.717) is 6.42 Å². The summed E-state index contributed by atoms with van der Waals surface area (Å²) >= 11 is 0. The second-order valence-corrected chi connectivity index (χ2v) is 8.18. The number of fused-ring (bicyclic) bond motifs is 5. The van der Waals surface area contributed by atoms with Crippen molar-refractivity contribution in [1.82, 2.24) is 0 Å². The van der Waals surface area contributed by atoms with Crippen LogP contribution in [0.1, 0.15) is 39.8 Å². The SMILES string of the molecule is [N-]=[N+]=NC[C@H]1C[C@@H]2c3ccccc3Cc3ccc(F)cc3[C@H]2S1=O. The minimum absolute atomic E-state index is 0.0731. The van der Waals surface area contributed by atoms with E-state index in [2.05, 4.69) is 22.2 Å². The van der Waals surface area contributed by atoms with E-state index in [1.54, 1.807) is 0 Å². The highest BCUT2D eigenvalue weighted by molar-refractivity contribution is 7.86. The van der Waals surface area contributed by atoms with Gasteiger partial charge in [-0.05, 0) is 52.8 Å². The van der Waals surface area contributed by atoms with Gasteiger partial charge in [-0.3, -0.25) is 4.21 Å². The molecule has 1 aliphatic carbocycles. The van der Waals surface area contributed by atoms with Crippen molar-refractivity contribution in [2.75, 3.05) is 6.54 Å². The zero-order valence-electron chi connectivity index (χ0n) is 12.9. The molecule has 2 aromatic rings. The quantitative estimate of drug-likeness (QED) is 0.454. The minimum atomic E-state index is -1.20. The van der Waals surface area contributed by atoms with Gasteiger partial charge in [-0.2, -0.15) is 0 Å². The lowest BCUT2D eigenvalue weighted by Crippen LogP contribution is -2.15.